The third-order valence-corrected chi connectivity index (χ3v) is 6.45. The molecule has 0 unspecified atom stereocenters. The van der Waals surface area contributed by atoms with Crippen LogP contribution in [0.5, 0.6) is 0 Å². The predicted octanol–water partition coefficient (Wildman–Crippen LogP) is 6.01. The molecule has 1 amide bonds. The zero-order valence-corrected chi connectivity index (χ0v) is 20.6. The van der Waals surface area contributed by atoms with Crippen molar-refractivity contribution >= 4 is 63.7 Å². The van der Waals surface area contributed by atoms with Crippen LogP contribution < -0.4 is 15.1 Å². The van der Waals surface area contributed by atoms with Gasteiger partial charge in [0.1, 0.15) is 0 Å². The summed E-state index contributed by atoms with van der Waals surface area (Å²) in [6, 6.07) is 17.2. The third-order valence-electron chi connectivity index (χ3n) is 5.64. The lowest BCUT2D eigenvalue weighted by Gasteiger charge is -2.38. The molecule has 1 aliphatic rings. The molecular formula is C25H22Cl3N3O3. The van der Waals surface area contributed by atoms with Crippen molar-refractivity contribution < 1.29 is 14.3 Å². The van der Waals surface area contributed by atoms with Crippen LogP contribution in [-0.4, -0.2) is 45.2 Å². The van der Waals surface area contributed by atoms with Gasteiger partial charge in [0.05, 0.1) is 34.8 Å². The number of methoxy groups -OCH3 is 1. The van der Waals surface area contributed by atoms with Crippen molar-refractivity contribution in [3.05, 3.63) is 86.9 Å². The van der Waals surface area contributed by atoms with Gasteiger partial charge in [-0.2, -0.15) is 0 Å². The molecule has 1 N–H and O–H groups in total. The second-order valence-electron chi connectivity index (χ2n) is 7.75. The summed E-state index contributed by atoms with van der Waals surface area (Å²) in [6.45, 7) is 2.79. The number of ether oxygens (including phenoxy) is 1. The zero-order valence-electron chi connectivity index (χ0n) is 18.4. The van der Waals surface area contributed by atoms with Crippen LogP contribution in [0.4, 0.5) is 17.1 Å². The van der Waals surface area contributed by atoms with E-state index in [4.69, 9.17) is 39.5 Å². The maximum Gasteiger partial charge on any atom is 0.337 e. The lowest BCUT2D eigenvalue weighted by atomic mass is 10.1. The smallest absolute Gasteiger partial charge is 0.337 e. The highest BCUT2D eigenvalue weighted by atomic mass is 35.5. The minimum atomic E-state index is -0.478. The summed E-state index contributed by atoms with van der Waals surface area (Å²) in [5.41, 5.74) is 3.04. The first-order valence-electron chi connectivity index (χ1n) is 10.6. The Morgan fingerprint density at radius 1 is 0.765 bits per heavy atom. The summed E-state index contributed by atoms with van der Waals surface area (Å²) < 4.78 is 4.85. The molecular weight excluding hydrogens is 497 g/mol. The molecule has 1 heterocycles. The Bertz CT molecular complexity index is 1210. The van der Waals surface area contributed by atoms with Gasteiger partial charge in [-0.25, -0.2) is 4.79 Å². The number of piperazine rings is 1. The van der Waals surface area contributed by atoms with E-state index in [2.05, 4.69) is 15.1 Å². The molecule has 0 aliphatic carbocycles. The van der Waals surface area contributed by atoms with Crippen molar-refractivity contribution in [1.82, 2.24) is 0 Å². The lowest BCUT2D eigenvalue weighted by Crippen LogP contribution is -2.47. The molecule has 1 aliphatic heterocycles. The lowest BCUT2D eigenvalue weighted by molar-refractivity contribution is 0.0600. The maximum absolute atomic E-state index is 12.9. The van der Waals surface area contributed by atoms with Crippen molar-refractivity contribution in [3.8, 4) is 0 Å². The number of carbonyl (C=O) groups is 2. The highest BCUT2D eigenvalue weighted by Gasteiger charge is 2.23. The second kappa shape index (κ2) is 10.6. The number of nitrogens with one attached hydrogen (secondary N) is 1. The molecule has 1 saturated heterocycles. The van der Waals surface area contributed by atoms with E-state index >= 15 is 0 Å². The molecule has 9 heteroatoms. The summed E-state index contributed by atoms with van der Waals surface area (Å²) in [4.78, 5) is 29.3. The number of carbonyl (C=O) groups excluding carboxylic acids is 2. The van der Waals surface area contributed by atoms with Gasteiger partial charge >= 0.3 is 5.97 Å². The fourth-order valence-corrected chi connectivity index (χ4v) is 4.40. The standard InChI is InChI=1S/C25H22Cl3N3O3/c1-34-25(33)17-4-9-22(21(14-17)29-24(32)16-2-5-18(26)6-3-16)30-10-12-31(13-11-30)23-15-19(27)7-8-20(23)28/h2-9,14-15H,10-13H2,1H3,(H,29,32). The quantitative estimate of drug-likeness (QED) is 0.419. The van der Waals surface area contributed by atoms with Gasteiger partial charge in [-0.1, -0.05) is 34.8 Å². The Kier molecular flexibility index (Phi) is 7.51. The van der Waals surface area contributed by atoms with E-state index in [1.54, 1.807) is 48.5 Å². The van der Waals surface area contributed by atoms with E-state index in [1.807, 2.05) is 12.1 Å². The first kappa shape index (κ1) is 24.2. The first-order chi connectivity index (χ1) is 16.4. The van der Waals surface area contributed by atoms with Gasteiger partial charge in [0.25, 0.3) is 5.91 Å². The molecule has 176 valence electrons. The van der Waals surface area contributed by atoms with Crippen molar-refractivity contribution in [1.29, 1.82) is 0 Å². The van der Waals surface area contributed by atoms with Gasteiger partial charge in [-0.3, -0.25) is 4.79 Å². The van der Waals surface area contributed by atoms with Crippen LogP contribution in [0.15, 0.2) is 60.7 Å². The highest BCUT2D eigenvalue weighted by Crippen LogP contribution is 2.33. The van der Waals surface area contributed by atoms with Gasteiger partial charge in [0, 0.05) is 41.8 Å². The van der Waals surface area contributed by atoms with Crippen LogP contribution in [-0.2, 0) is 4.74 Å². The van der Waals surface area contributed by atoms with Crippen LogP contribution in [0.3, 0.4) is 0 Å². The largest absolute Gasteiger partial charge is 0.465 e. The molecule has 3 aromatic rings. The van der Waals surface area contributed by atoms with Crippen molar-refractivity contribution in [2.45, 2.75) is 0 Å². The highest BCUT2D eigenvalue weighted by molar-refractivity contribution is 6.35. The van der Waals surface area contributed by atoms with E-state index in [9.17, 15) is 9.59 Å². The number of esters is 1. The topological polar surface area (TPSA) is 61.9 Å². The van der Waals surface area contributed by atoms with Gasteiger partial charge < -0.3 is 19.9 Å². The number of amides is 1. The normalized spacial score (nSPS) is 13.5. The van der Waals surface area contributed by atoms with Crippen LogP contribution >= 0.6 is 34.8 Å². The number of hydrogen-bond donors (Lipinski definition) is 1. The van der Waals surface area contributed by atoms with Gasteiger partial charge in [-0.15, -0.1) is 0 Å². The Morgan fingerprint density at radius 3 is 2.00 bits per heavy atom. The van der Waals surface area contributed by atoms with Crippen molar-refractivity contribution in [3.63, 3.8) is 0 Å². The molecule has 1 fully saturated rings. The maximum atomic E-state index is 12.9. The Hall–Kier alpha value is -2.93. The Morgan fingerprint density at radius 2 is 1.35 bits per heavy atom. The predicted molar refractivity (Wildman–Crippen MR) is 138 cm³/mol. The van der Waals surface area contributed by atoms with Gasteiger partial charge in [0.15, 0.2) is 0 Å². The number of benzene rings is 3. The average molecular weight is 519 g/mol. The monoisotopic (exact) mass is 517 g/mol. The fourth-order valence-electron chi connectivity index (χ4n) is 3.87. The van der Waals surface area contributed by atoms with Crippen LogP contribution in [0, 0.1) is 0 Å². The second-order valence-corrected chi connectivity index (χ2v) is 9.03. The van der Waals surface area contributed by atoms with E-state index in [0.717, 1.165) is 11.4 Å². The molecule has 3 aromatic carbocycles. The van der Waals surface area contributed by atoms with E-state index in [1.165, 1.54) is 7.11 Å². The van der Waals surface area contributed by atoms with E-state index in [0.29, 0.717) is 58.1 Å². The molecule has 34 heavy (non-hydrogen) atoms. The molecule has 0 radical (unpaired) electrons. The molecule has 0 bridgehead atoms. The molecule has 0 aromatic heterocycles. The summed E-state index contributed by atoms with van der Waals surface area (Å²) in [6.07, 6.45) is 0. The Labute approximate surface area is 213 Å². The summed E-state index contributed by atoms with van der Waals surface area (Å²) in [7, 11) is 1.32. The summed E-state index contributed by atoms with van der Waals surface area (Å²) >= 11 is 18.5. The fraction of sp³-hybridized carbons (Fsp3) is 0.200. The van der Waals surface area contributed by atoms with E-state index in [-0.39, 0.29) is 5.91 Å². The summed E-state index contributed by atoms with van der Waals surface area (Å²) in [5, 5.41) is 4.76. The average Bonchev–Trinajstić information content (AvgIpc) is 2.85. The van der Waals surface area contributed by atoms with Crippen molar-refractivity contribution in [2.75, 3.05) is 48.4 Å². The molecule has 0 spiro atoms. The third kappa shape index (κ3) is 5.41. The molecule has 0 saturated carbocycles. The Balaban J connectivity index is 1.57. The summed E-state index contributed by atoms with van der Waals surface area (Å²) in [5.74, 6) is -0.779. The van der Waals surface area contributed by atoms with Gasteiger partial charge in [0.2, 0.25) is 0 Å². The number of anilines is 3. The minimum Gasteiger partial charge on any atom is -0.465 e. The number of nitrogens with zero attached hydrogens (tertiary/aromatic N) is 2. The number of halogens is 3. The molecule has 4 rings (SSSR count). The van der Waals surface area contributed by atoms with E-state index < -0.39 is 5.97 Å². The van der Waals surface area contributed by atoms with Gasteiger partial charge in [-0.05, 0) is 60.7 Å². The number of hydrogen-bond acceptors (Lipinski definition) is 5. The van der Waals surface area contributed by atoms with Crippen LogP contribution in [0.25, 0.3) is 0 Å². The zero-order chi connectivity index (χ0) is 24.2. The minimum absolute atomic E-state index is 0.302. The van der Waals surface area contributed by atoms with Crippen molar-refractivity contribution in [2.24, 2.45) is 0 Å². The van der Waals surface area contributed by atoms with Crippen LogP contribution in [0.2, 0.25) is 15.1 Å². The molecule has 0 atom stereocenters. The molecule has 6 nitrogen and oxygen atoms in total. The first-order valence-corrected chi connectivity index (χ1v) is 11.7. The number of rotatable bonds is 5. The van der Waals surface area contributed by atoms with Crippen LogP contribution in [0.1, 0.15) is 20.7 Å². The SMILES string of the molecule is COC(=O)c1ccc(N2CCN(c3cc(Cl)ccc3Cl)CC2)c(NC(=O)c2ccc(Cl)cc2)c1.